The molecule has 0 saturated heterocycles. The van der Waals surface area contributed by atoms with Crippen molar-refractivity contribution in [3.8, 4) is 0 Å². The SMILES string of the molecule is CCN(CC)CCCCNCCN. The van der Waals surface area contributed by atoms with Gasteiger partial charge in [-0.15, -0.1) is 0 Å². The average Bonchev–Trinajstić information content (AvgIpc) is 2.17. The molecule has 3 nitrogen and oxygen atoms in total. The van der Waals surface area contributed by atoms with E-state index in [4.69, 9.17) is 5.73 Å². The maximum atomic E-state index is 5.36. The van der Waals surface area contributed by atoms with Crippen LogP contribution < -0.4 is 11.1 Å². The number of nitrogens with one attached hydrogen (secondary N) is 1. The Balaban J connectivity index is 3.05. The summed E-state index contributed by atoms with van der Waals surface area (Å²) >= 11 is 0. The Bertz CT molecular complexity index is 92.2. The predicted octanol–water partition coefficient (Wildman–Crippen LogP) is 0.657. The molecule has 0 bridgehead atoms. The van der Waals surface area contributed by atoms with Gasteiger partial charge in [-0.25, -0.2) is 0 Å². The molecule has 0 aromatic heterocycles. The smallest absolute Gasteiger partial charge is 0.00745 e. The fraction of sp³-hybridized carbons (Fsp3) is 1.00. The Morgan fingerprint density at radius 3 is 2.31 bits per heavy atom. The first-order valence-electron chi connectivity index (χ1n) is 5.48. The van der Waals surface area contributed by atoms with E-state index in [1.54, 1.807) is 0 Å². The largest absolute Gasteiger partial charge is 0.329 e. The third kappa shape index (κ3) is 8.22. The van der Waals surface area contributed by atoms with Crippen LogP contribution in [0, 0.1) is 0 Å². The van der Waals surface area contributed by atoms with E-state index in [1.807, 2.05) is 0 Å². The molecule has 80 valence electrons. The molecule has 0 aliphatic rings. The zero-order valence-corrected chi connectivity index (χ0v) is 9.18. The van der Waals surface area contributed by atoms with Crippen molar-refractivity contribution < 1.29 is 0 Å². The Hall–Kier alpha value is -0.120. The van der Waals surface area contributed by atoms with Gasteiger partial charge in [-0.3, -0.25) is 0 Å². The van der Waals surface area contributed by atoms with Gasteiger partial charge in [-0.1, -0.05) is 13.8 Å². The minimum atomic E-state index is 0.746. The molecule has 13 heavy (non-hydrogen) atoms. The summed E-state index contributed by atoms with van der Waals surface area (Å²) in [6.45, 7) is 10.8. The van der Waals surface area contributed by atoms with Crippen LogP contribution >= 0.6 is 0 Å². The van der Waals surface area contributed by atoms with Crippen LogP contribution in [0.1, 0.15) is 26.7 Å². The van der Waals surface area contributed by atoms with Crippen LogP contribution in [0.15, 0.2) is 0 Å². The summed E-state index contributed by atoms with van der Waals surface area (Å²) in [5.74, 6) is 0. The molecule has 0 aliphatic heterocycles. The predicted molar refractivity (Wildman–Crippen MR) is 58.9 cm³/mol. The standard InChI is InChI=1S/C10H25N3/c1-3-13(4-2)10-6-5-8-12-9-7-11/h12H,3-11H2,1-2H3. The summed E-state index contributed by atoms with van der Waals surface area (Å²) in [5, 5.41) is 3.30. The Morgan fingerprint density at radius 2 is 1.77 bits per heavy atom. The van der Waals surface area contributed by atoms with Crippen molar-refractivity contribution in [2.45, 2.75) is 26.7 Å². The van der Waals surface area contributed by atoms with Gasteiger partial charge in [0.2, 0.25) is 0 Å². The van der Waals surface area contributed by atoms with Crippen LogP contribution in [0.25, 0.3) is 0 Å². The van der Waals surface area contributed by atoms with E-state index in [-0.39, 0.29) is 0 Å². The summed E-state index contributed by atoms with van der Waals surface area (Å²) in [6, 6.07) is 0. The van der Waals surface area contributed by atoms with E-state index >= 15 is 0 Å². The molecule has 0 saturated carbocycles. The van der Waals surface area contributed by atoms with E-state index in [0.717, 1.165) is 19.6 Å². The Morgan fingerprint density at radius 1 is 1.08 bits per heavy atom. The van der Waals surface area contributed by atoms with Gasteiger partial charge in [0.1, 0.15) is 0 Å². The number of rotatable bonds is 9. The van der Waals surface area contributed by atoms with Gasteiger partial charge in [-0.2, -0.15) is 0 Å². The van der Waals surface area contributed by atoms with Crippen LogP contribution in [0.4, 0.5) is 0 Å². The molecule has 0 aromatic carbocycles. The first kappa shape index (κ1) is 12.9. The Labute approximate surface area is 82.7 Å². The molecule has 0 unspecified atom stereocenters. The highest BCUT2D eigenvalue weighted by molar-refractivity contribution is 4.54. The first-order chi connectivity index (χ1) is 6.35. The van der Waals surface area contributed by atoms with Crippen LogP contribution in [0.3, 0.4) is 0 Å². The molecule has 0 atom stereocenters. The lowest BCUT2D eigenvalue weighted by atomic mass is 10.3. The van der Waals surface area contributed by atoms with Gasteiger partial charge < -0.3 is 16.0 Å². The van der Waals surface area contributed by atoms with Crippen molar-refractivity contribution in [2.24, 2.45) is 5.73 Å². The molecule has 0 rings (SSSR count). The zero-order chi connectivity index (χ0) is 9.94. The normalized spacial score (nSPS) is 11.1. The van der Waals surface area contributed by atoms with E-state index in [9.17, 15) is 0 Å². The minimum absolute atomic E-state index is 0.746. The third-order valence-corrected chi connectivity index (χ3v) is 2.29. The van der Waals surface area contributed by atoms with Gasteiger partial charge in [0.05, 0.1) is 0 Å². The molecule has 0 aromatic rings. The number of nitrogens with zero attached hydrogens (tertiary/aromatic N) is 1. The lowest BCUT2D eigenvalue weighted by molar-refractivity contribution is 0.296. The summed E-state index contributed by atoms with van der Waals surface area (Å²) in [7, 11) is 0. The molecule has 0 radical (unpaired) electrons. The van der Waals surface area contributed by atoms with Crippen molar-refractivity contribution in [3.05, 3.63) is 0 Å². The van der Waals surface area contributed by atoms with Crippen LogP contribution in [-0.4, -0.2) is 44.2 Å². The van der Waals surface area contributed by atoms with Gasteiger partial charge in [0, 0.05) is 13.1 Å². The van der Waals surface area contributed by atoms with E-state index in [0.29, 0.717) is 0 Å². The highest BCUT2D eigenvalue weighted by Gasteiger charge is 1.97. The zero-order valence-electron chi connectivity index (χ0n) is 9.18. The molecule has 0 amide bonds. The maximum Gasteiger partial charge on any atom is 0.00745 e. The second-order valence-corrected chi connectivity index (χ2v) is 3.27. The monoisotopic (exact) mass is 187 g/mol. The average molecular weight is 187 g/mol. The summed E-state index contributed by atoms with van der Waals surface area (Å²) < 4.78 is 0. The van der Waals surface area contributed by atoms with Crippen molar-refractivity contribution in [2.75, 3.05) is 39.3 Å². The van der Waals surface area contributed by atoms with Crippen molar-refractivity contribution in [1.82, 2.24) is 10.2 Å². The van der Waals surface area contributed by atoms with Gasteiger partial charge in [0.15, 0.2) is 0 Å². The van der Waals surface area contributed by atoms with Crippen molar-refractivity contribution in [1.29, 1.82) is 0 Å². The summed E-state index contributed by atoms with van der Waals surface area (Å²) in [5.41, 5.74) is 5.36. The molecule has 0 spiro atoms. The Kier molecular flexibility index (Phi) is 9.87. The molecule has 0 aliphatic carbocycles. The summed E-state index contributed by atoms with van der Waals surface area (Å²) in [6.07, 6.45) is 2.55. The fourth-order valence-corrected chi connectivity index (χ4v) is 1.35. The number of nitrogens with two attached hydrogens (primary N) is 1. The van der Waals surface area contributed by atoms with Gasteiger partial charge in [0.25, 0.3) is 0 Å². The fourth-order valence-electron chi connectivity index (χ4n) is 1.35. The van der Waals surface area contributed by atoms with Gasteiger partial charge in [-0.05, 0) is 39.0 Å². The van der Waals surface area contributed by atoms with Crippen LogP contribution in [0.2, 0.25) is 0 Å². The molecular formula is C10H25N3. The third-order valence-electron chi connectivity index (χ3n) is 2.29. The second kappa shape index (κ2) is 9.96. The van der Waals surface area contributed by atoms with Crippen molar-refractivity contribution in [3.63, 3.8) is 0 Å². The van der Waals surface area contributed by atoms with E-state index in [1.165, 1.54) is 32.5 Å². The molecule has 3 N–H and O–H groups in total. The molecular weight excluding hydrogens is 162 g/mol. The highest BCUT2D eigenvalue weighted by Crippen LogP contribution is 1.93. The lowest BCUT2D eigenvalue weighted by Gasteiger charge is -2.17. The maximum absolute atomic E-state index is 5.36. The summed E-state index contributed by atoms with van der Waals surface area (Å²) in [4.78, 5) is 2.46. The number of unbranched alkanes of at least 4 members (excludes halogenated alkanes) is 1. The molecule has 3 heteroatoms. The van der Waals surface area contributed by atoms with Gasteiger partial charge >= 0.3 is 0 Å². The van der Waals surface area contributed by atoms with Crippen molar-refractivity contribution >= 4 is 0 Å². The quantitative estimate of drug-likeness (QED) is 0.521. The van der Waals surface area contributed by atoms with E-state index < -0.39 is 0 Å². The lowest BCUT2D eigenvalue weighted by Crippen LogP contribution is -2.26. The molecule has 0 heterocycles. The number of hydrogen-bond donors (Lipinski definition) is 2. The van der Waals surface area contributed by atoms with Crippen LogP contribution in [0.5, 0.6) is 0 Å². The minimum Gasteiger partial charge on any atom is -0.329 e. The first-order valence-corrected chi connectivity index (χ1v) is 5.48. The molecule has 0 fully saturated rings. The van der Waals surface area contributed by atoms with E-state index in [2.05, 4.69) is 24.1 Å². The highest BCUT2D eigenvalue weighted by atomic mass is 15.1. The van der Waals surface area contributed by atoms with Crippen LogP contribution in [-0.2, 0) is 0 Å². The number of hydrogen-bond acceptors (Lipinski definition) is 3. The second-order valence-electron chi connectivity index (χ2n) is 3.27. The topological polar surface area (TPSA) is 41.3 Å².